The van der Waals surface area contributed by atoms with E-state index in [1.54, 1.807) is 32.4 Å². The summed E-state index contributed by atoms with van der Waals surface area (Å²) in [5, 5.41) is 5.51. The van der Waals surface area contributed by atoms with Crippen molar-refractivity contribution in [3.8, 4) is 11.5 Å². The molecule has 0 radical (unpaired) electrons. The lowest BCUT2D eigenvalue weighted by Crippen LogP contribution is -2.52. The number of hydrogen-bond donors (Lipinski definition) is 2. The highest BCUT2D eigenvalue weighted by atomic mass is 16.5. The summed E-state index contributed by atoms with van der Waals surface area (Å²) in [6, 6.07) is 9.06. The number of piperidine rings is 1. The van der Waals surface area contributed by atoms with Crippen molar-refractivity contribution in [2.45, 2.75) is 31.9 Å². The molecule has 2 aliphatic rings. The van der Waals surface area contributed by atoms with Crippen molar-refractivity contribution in [1.82, 2.24) is 10.2 Å². The van der Waals surface area contributed by atoms with Crippen LogP contribution in [-0.2, 0) is 22.7 Å². The first kappa shape index (κ1) is 18.5. The maximum Gasteiger partial charge on any atom is 0.255 e. The monoisotopic (exact) mass is 410 g/mol. The van der Waals surface area contributed by atoms with Crippen molar-refractivity contribution in [2.24, 2.45) is 0 Å². The Hall–Kier alpha value is -3.55. The molecule has 1 atom stereocenters. The summed E-state index contributed by atoms with van der Waals surface area (Å²) in [7, 11) is 3.17. The minimum absolute atomic E-state index is 0.0240. The maximum atomic E-state index is 13.0. The third kappa shape index (κ3) is 3.68. The number of carbonyl (C=O) groups is 3. The van der Waals surface area contributed by atoms with Crippen molar-refractivity contribution < 1.29 is 25.2 Å². The molecular weight excluding hydrogens is 386 g/mol. The van der Waals surface area contributed by atoms with Gasteiger partial charge in [0.1, 0.15) is 17.5 Å². The van der Waals surface area contributed by atoms with E-state index in [9.17, 15) is 14.4 Å². The van der Waals surface area contributed by atoms with E-state index in [1.165, 1.54) is 4.90 Å². The van der Waals surface area contributed by atoms with Crippen LogP contribution in [-0.4, -0.2) is 42.9 Å². The van der Waals surface area contributed by atoms with Crippen LogP contribution >= 0.6 is 0 Å². The number of amides is 3. The first-order chi connectivity index (χ1) is 14.9. The molecule has 0 bridgehead atoms. The standard InChI is InChI=1S/C22H23N3O5/c1-29-14-8-13(9-15(10-14)30-2)11-23-18-5-3-4-16-17(18)12-25(22(16)28)19-6-7-20(26)24-21(19)27/h3-5,8-10,19,23H,6-7,11-12H2,1-2H3,(H,24,26,27)/i19D. The number of rotatable bonds is 6. The zero-order valence-electron chi connectivity index (χ0n) is 17.8. The van der Waals surface area contributed by atoms with Gasteiger partial charge in [-0.2, -0.15) is 0 Å². The summed E-state index contributed by atoms with van der Waals surface area (Å²) in [5.74, 6) is -0.230. The predicted molar refractivity (Wildman–Crippen MR) is 109 cm³/mol. The number of ether oxygens (including phenoxy) is 2. The molecule has 156 valence electrons. The zero-order valence-corrected chi connectivity index (χ0v) is 16.8. The minimum atomic E-state index is -1.80. The number of nitrogens with zero attached hydrogens (tertiary/aromatic N) is 1. The molecule has 30 heavy (non-hydrogen) atoms. The molecule has 0 saturated carbocycles. The van der Waals surface area contributed by atoms with Gasteiger partial charge in [-0.1, -0.05) is 6.07 Å². The lowest BCUT2D eigenvalue weighted by molar-refractivity contribution is -0.136. The van der Waals surface area contributed by atoms with Crippen LogP contribution in [0.3, 0.4) is 0 Å². The van der Waals surface area contributed by atoms with E-state index < -0.39 is 17.8 Å². The van der Waals surface area contributed by atoms with E-state index >= 15 is 0 Å². The van der Waals surface area contributed by atoms with Crippen LogP contribution < -0.4 is 20.1 Å². The van der Waals surface area contributed by atoms with E-state index in [0.29, 0.717) is 23.6 Å². The lowest BCUT2D eigenvalue weighted by atomic mass is 10.0. The van der Waals surface area contributed by atoms with E-state index in [-0.39, 0.29) is 25.3 Å². The summed E-state index contributed by atoms with van der Waals surface area (Å²) in [6.45, 7) is 0.573. The topological polar surface area (TPSA) is 97.0 Å². The van der Waals surface area contributed by atoms with Crippen molar-refractivity contribution in [2.75, 3.05) is 19.5 Å². The molecule has 2 N–H and O–H groups in total. The van der Waals surface area contributed by atoms with Gasteiger partial charge in [-0.25, -0.2) is 0 Å². The average molecular weight is 410 g/mol. The van der Waals surface area contributed by atoms with Gasteiger partial charge >= 0.3 is 0 Å². The molecule has 0 spiro atoms. The summed E-state index contributed by atoms with van der Waals surface area (Å²) in [4.78, 5) is 38.1. The second-order valence-corrected chi connectivity index (χ2v) is 7.12. The molecule has 8 nitrogen and oxygen atoms in total. The molecule has 3 amide bonds. The Morgan fingerprint density at radius 1 is 1.17 bits per heavy atom. The van der Waals surface area contributed by atoms with E-state index in [2.05, 4.69) is 10.6 Å². The molecule has 2 aliphatic heterocycles. The number of fused-ring (bicyclic) bond motifs is 1. The molecule has 0 aromatic heterocycles. The number of methoxy groups -OCH3 is 2. The summed E-state index contributed by atoms with van der Waals surface area (Å²) < 4.78 is 19.2. The Labute approximate surface area is 175 Å². The molecule has 4 rings (SSSR count). The van der Waals surface area contributed by atoms with Crippen LogP contribution in [0.1, 0.15) is 35.7 Å². The van der Waals surface area contributed by atoms with Gasteiger partial charge in [0.15, 0.2) is 0 Å². The molecule has 0 aliphatic carbocycles. The zero-order chi connectivity index (χ0) is 22.2. The smallest absolute Gasteiger partial charge is 0.255 e. The second-order valence-electron chi connectivity index (χ2n) is 7.12. The highest BCUT2D eigenvalue weighted by molar-refractivity contribution is 6.06. The molecule has 2 heterocycles. The average Bonchev–Trinajstić information content (AvgIpc) is 3.12. The Bertz CT molecular complexity index is 1050. The van der Waals surface area contributed by atoms with Crippen LogP contribution in [0.4, 0.5) is 5.69 Å². The molecule has 1 unspecified atom stereocenters. The Balaban J connectivity index is 1.57. The van der Waals surface area contributed by atoms with Crippen LogP contribution in [0, 0.1) is 0 Å². The highest BCUT2D eigenvalue weighted by Crippen LogP contribution is 2.33. The van der Waals surface area contributed by atoms with E-state index in [4.69, 9.17) is 10.8 Å². The fourth-order valence-corrected chi connectivity index (χ4v) is 3.75. The molecule has 1 saturated heterocycles. The number of hydrogen-bond acceptors (Lipinski definition) is 6. The van der Waals surface area contributed by atoms with Crippen LogP contribution in [0.25, 0.3) is 0 Å². The van der Waals surface area contributed by atoms with Crippen molar-refractivity contribution in [3.05, 3.63) is 53.1 Å². The fourth-order valence-electron chi connectivity index (χ4n) is 3.75. The Morgan fingerprint density at radius 3 is 2.57 bits per heavy atom. The van der Waals surface area contributed by atoms with Gasteiger partial charge in [0, 0.05) is 42.4 Å². The van der Waals surface area contributed by atoms with Crippen LogP contribution in [0.2, 0.25) is 0 Å². The molecule has 1 fully saturated rings. The van der Waals surface area contributed by atoms with Crippen molar-refractivity contribution >= 4 is 23.4 Å². The van der Waals surface area contributed by atoms with Gasteiger partial charge in [0.2, 0.25) is 11.8 Å². The number of carbonyl (C=O) groups excluding carboxylic acids is 3. The first-order valence-corrected chi connectivity index (χ1v) is 9.59. The molecule has 8 heteroatoms. The highest BCUT2D eigenvalue weighted by Gasteiger charge is 2.39. The number of nitrogens with one attached hydrogen (secondary N) is 2. The number of imide groups is 1. The number of anilines is 1. The third-order valence-electron chi connectivity index (χ3n) is 5.29. The SMILES string of the molecule is [2H]C1(N2Cc3c(NCc4cc(OC)cc(OC)c4)cccc3C2=O)CCC(=O)NC1=O. The third-order valence-corrected chi connectivity index (χ3v) is 5.29. The van der Waals surface area contributed by atoms with Gasteiger partial charge in [0.25, 0.3) is 5.91 Å². The lowest BCUT2D eigenvalue weighted by Gasteiger charge is -2.29. The number of benzene rings is 2. The Morgan fingerprint density at radius 2 is 1.90 bits per heavy atom. The van der Waals surface area contributed by atoms with Gasteiger partial charge in [-0.15, -0.1) is 0 Å². The van der Waals surface area contributed by atoms with Crippen LogP contribution in [0.5, 0.6) is 11.5 Å². The van der Waals surface area contributed by atoms with E-state index in [1.807, 2.05) is 18.2 Å². The van der Waals surface area contributed by atoms with Crippen molar-refractivity contribution in [3.63, 3.8) is 0 Å². The van der Waals surface area contributed by atoms with Gasteiger partial charge in [-0.3, -0.25) is 19.7 Å². The van der Waals surface area contributed by atoms with Gasteiger partial charge in [-0.05, 0) is 36.2 Å². The van der Waals surface area contributed by atoms with Crippen LogP contribution in [0.15, 0.2) is 36.4 Å². The quantitative estimate of drug-likeness (QED) is 0.708. The summed E-state index contributed by atoms with van der Waals surface area (Å²) in [5.41, 5.74) is 2.84. The fraction of sp³-hybridized carbons (Fsp3) is 0.318. The Kier molecular flexibility index (Phi) is 4.96. The molecular formula is C22H23N3O5. The van der Waals surface area contributed by atoms with Gasteiger partial charge < -0.3 is 19.7 Å². The predicted octanol–water partition coefficient (Wildman–Crippen LogP) is 2.08. The molecule has 2 aromatic carbocycles. The second kappa shape index (κ2) is 8.06. The summed E-state index contributed by atoms with van der Waals surface area (Å²) in [6.07, 6.45) is 0.00189. The van der Waals surface area contributed by atoms with Crippen molar-refractivity contribution in [1.29, 1.82) is 0 Å². The van der Waals surface area contributed by atoms with Gasteiger partial charge in [0.05, 0.1) is 15.6 Å². The largest absolute Gasteiger partial charge is 0.497 e. The molecule has 2 aromatic rings. The first-order valence-electron chi connectivity index (χ1n) is 10.1. The normalized spacial score (nSPS) is 21.1. The summed E-state index contributed by atoms with van der Waals surface area (Å²) >= 11 is 0. The minimum Gasteiger partial charge on any atom is -0.497 e. The van der Waals surface area contributed by atoms with E-state index in [0.717, 1.165) is 16.8 Å². The maximum absolute atomic E-state index is 13.0.